The molecule has 1 aromatic heterocycles. The molecule has 28 heavy (non-hydrogen) atoms. The number of rotatable bonds is 7. The molecule has 0 aliphatic heterocycles. The normalized spacial score (nSPS) is 10.6. The van der Waals surface area contributed by atoms with Gasteiger partial charge in [-0.15, -0.1) is 0 Å². The average Bonchev–Trinajstić information content (AvgIpc) is 3.25. The largest absolute Gasteiger partial charge is 0.488 e. The van der Waals surface area contributed by atoms with Gasteiger partial charge in [-0.25, -0.2) is 5.43 Å². The number of carbonyl (C=O) groups is 2. The fourth-order valence-electron chi connectivity index (χ4n) is 2.33. The number of nitrogens with zero attached hydrogens (tertiary/aromatic N) is 1. The molecule has 0 radical (unpaired) electrons. The summed E-state index contributed by atoms with van der Waals surface area (Å²) in [6.07, 6.45) is 2.92. The minimum absolute atomic E-state index is 0.124. The minimum Gasteiger partial charge on any atom is -0.488 e. The summed E-state index contributed by atoms with van der Waals surface area (Å²) in [4.78, 5) is 23.5. The second-order valence-corrected chi connectivity index (χ2v) is 5.77. The van der Waals surface area contributed by atoms with Crippen molar-refractivity contribution < 1.29 is 18.7 Å². The van der Waals surface area contributed by atoms with Gasteiger partial charge in [0.25, 0.3) is 0 Å². The summed E-state index contributed by atoms with van der Waals surface area (Å²) < 4.78 is 10.9. The van der Waals surface area contributed by atoms with E-state index >= 15 is 0 Å². The molecule has 3 aromatic rings. The molecule has 0 spiro atoms. The molecule has 0 unspecified atom stereocenters. The van der Waals surface area contributed by atoms with E-state index in [0.29, 0.717) is 23.7 Å². The van der Waals surface area contributed by atoms with E-state index < -0.39 is 11.8 Å². The molecule has 3 rings (SSSR count). The predicted molar refractivity (Wildman–Crippen MR) is 104 cm³/mol. The molecule has 2 amide bonds. The number of hydrazone groups is 1. The standard InChI is InChI=1S/C21H19N3O4/c25-20(22-14-18-10-6-12-27-18)21(26)24-23-13-17-9-4-5-11-19(17)28-15-16-7-2-1-3-8-16/h1-13H,14-15H2,(H,22,25)(H,24,26)/b23-13-. The van der Waals surface area contributed by atoms with Crippen molar-refractivity contribution in [3.63, 3.8) is 0 Å². The quantitative estimate of drug-likeness (QED) is 0.376. The van der Waals surface area contributed by atoms with Crippen LogP contribution >= 0.6 is 0 Å². The van der Waals surface area contributed by atoms with E-state index in [-0.39, 0.29) is 6.54 Å². The van der Waals surface area contributed by atoms with Gasteiger partial charge < -0.3 is 14.5 Å². The lowest BCUT2D eigenvalue weighted by Gasteiger charge is -2.09. The summed E-state index contributed by atoms with van der Waals surface area (Å²) in [5.74, 6) is -0.506. The van der Waals surface area contributed by atoms with Crippen molar-refractivity contribution in [2.75, 3.05) is 0 Å². The van der Waals surface area contributed by atoms with Crippen molar-refractivity contribution >= 4 is 18.0 Å². The molecule has 0 aliphatic rings. The summed E-state index contributed by atoms with van der Waals surface area (Å²) >= 11 is 0. The Morgan fingerprint density at radius 2 is 1.75 bits per heavy atom. The number of furan rings is 1. The fraction of sp³-hybridized carbons (Fsp3) is 0.0952. The van der Waals surface area contributed by atoms with Crippen molar-refractivity contribution in [2.24, 2.45) is 5.10 Å². The van der Waals surface area contributed by atoms with Gasteiger partial charge in [-0.05, 0) is 29.8 Å². The maximum atomic E-state index is 11.8. The van der Waals surface area contributed by atoms with Crippen molar-refractivity contribution in [2.45, 2.75) is 13.2 Å². The van der Waals surface area contributed by atoms with Gasteiger partial charge in [0.15, 0.2) is 0 Å². The van der Waals surface area contributed by atoms with Gasteiger partial charge in [-0.1, -0.05) is 42.5 Å². The van der Waals surface area contributed by atoms with E-state index in [4.69, 9.17) is 9.15 Å². The van der Waals surface area contributed by atoms with Crippen molar-refractivity contribution in [3.05, 3.63) is 89.9 Å². The maximum Gasteiger partial charge on any atom is 0.329 e. The van der Waals surface area contributed by atoms with Crippen LogP contribution in [0.2, 0.25) is 0 Å². The van der Waals surface area contributed by atoms with Gasteiger partial charge in [0.1, 0.15) is 18.1 Å². The molecule has 1 heterocycles. The lowest BCUT2D eigenvalue weighted by Crippen LogP contribution is -2.37. The lowest BCUT2D eigenvalue weighted by atomic mass is 10.2. The predicted octanol–water partition coefficient (Wildman–Crippen LogP) is 2.63. The Balaban J connectivity index is 1.52. The molecular formula is C21H19N3O4. The zero-order valence-electron chi connectivity index (χ0n) is 15.0. The summed E-state index contributed by atoms with van der Waals surface area (Å²) in [5.41, 5.74) is 3.91. The first-order chi connectivity index (χ1) is 13.7. The lowest BCUT2D eigenvalue weighted by molar-refractivity contribution is -0.139. The van der Waals surface area contributed by atoms with Gasteiger partial charge >= 0.3 is 11.8 Å². The highest BCUT2D eigenvalue weighted by molar-refractivity contribution is 6.35. The number of carbonyl (C=O) groups excluding carboxylic acids is 2. The second kappa shape index (κ2) is 9.72. The molecule has 142 valence electrons. The van der Waals surface area contributed by atoms with E-state index in [0.717, 1.165) is 5.56 Å². The molecule has 0 bridgehead atoms. The smallest absolute Gasteiger partial charge is 0.329 e. The van der Waals surface area contributed by atoms with Crippen LogP contribution in [0.5, 0.6) is 5.75 Å². The van der Waals surface area contributed by atoms with Crippen LogP contribution in [0.3, 0.4) is 0 Å². The summed E-state index contributed by atoms with van der Waals surface area (Å²) in [5, 5.41) is 6.27. The Morgan fingerprint density at radius 3 is 2.54 bits per heavy atom. The third kappa shape index (κ3) is 5.57. The van der Waals surface area contributed by atoms with Gasteiger partial charge in [-0.3, -0.25) is 9.59 Å². The first-order valence-electron chi connectivity index (χ1n) is 8.62. The van der Waals surface area contributed by atoms with Gasteiger partial charge in [0, 0.05) is 5.56 Å². The first kappa shape index (κ1) is 18.9. The average molecular weight is 377 g/mol. The van der Waals surface area contributed by atoms with E-state index in [1.54, 1.807) is 18.2 Å². The van der Waals surface area contributed by atoms with Crippen molar-refractivity contribution in [1.29, 1.82) is 0 Å². The molecule has 0 atom stereocenters. The number of para-hydroxylation sites is 1. The van der Waals surface area contributed by atoms with Crippen molar-refractivity contribution in [1.82, 2.24) is 10.7 Å². The third-order valence-electron chi connectivity index (χ3n) is 3.74. The number of nitrogens with one attached hydrogen (secondary N) is 2. The van der Waals surface area contributed by atoms with Crippen LogP contribution in [-0.4, -0.2) is 18.0 Å². The van der Waals surface area contributed by atoms with Crippen LogP contribution in [-0.2, 0) is 22.7 Å². The molecule has 2 aromatic carbocycles. The topological polar surface area (TPSA) is 92.9 Å². The Bertz CT molecular complexity index is 937. The SMILES string of the molecule is O=C(NCc1ccco1)C(=O)N/N=C\c1ccccc1OCc1ccccc1. The van der Waals surface area contributed by atoms with Crippen LogP contribution in [0.4, 0.5) is 0 Å². The molecule has 0 aliphatic carbocycles. The third-order valence-corrected chi connectivity index (χ3v) is 3.74. The number of hydrogen-bond donors (Lipinski definition) is 2. The van der Waals surface area contributed by atoms with E-state index in [2.05, 4.69) is 15.8 Å². The highest BCUT2D eigenvalue weighted by atomic mass is 16.5. The molecule has 7 heteroatoms. The summed E-state index contributed by atoms with van der Waals surface area (Å²) in [6, 6.07) is 20.4. The monoisotopic (exact) mass is 377 g/mol. The molecule has 0 saturated carbocycles. The van der Waals surface area contributed by atoms with Crippen LogP contribution in [0.25, 0.3) is 0 Å². The van der Waals surface area contributed by atoms with Crippen LogP contribution in [0.1, 0.15) is 16.9 Å². The fourth-order valence-corrected chi connectivity index (χ4v) is 2.33. The van der Waals surface area contributed by atoms with Gasteiger partial charge in [0.2, 0.25) is 0 Å². The maximum absolute atomic E-state index is 11.8. The van der Waals surface area contributed by atoms with Gasteiger partial charge in [-0.2, -0.15) is 5.10 Å². The first-order valence-corrected chi connectivity index (χ1v) is 8.62. The zero-order valence-corrected chi connectivity index (χ0v) is 15.0. The Hall–Kier alpha value is -3.87. The van der Waals surface area contributed by atoms with Crippen LogP contribution in [0.15, 0.2) is 82.5 Å². The Labute approximate surface area is 162 Å². The Kier molecular flexibility index (Phi) is 6.57. The van der Waals surface area contributed by atoms with Crippen molar-refractivity contribution in [3.8, 4) is 5.75 Å². The molecule has 0 fully saturated rings. The Morgan fingerprint density at radius 1 is 0.964 bits per heavy atom. The summed E-state index contributed by atoms with van der Waals surface area (Å²) in [6.45, 7) is 0.534. The molecule has 0 saturated heterocycles. The number of ether oxygens (including phenoxy) is 1. The molecule has 2 N–H and O–H groups in total. The van der Waals surface area contributed by atoms with Gasteiger partial charge in [0.05, 0.1) is 19.0 Å². The zero-order chi connectivity index (χ0) is 19.6. The number of hydrogen-bond acceptors (Lipinski definition) is 5. The van der Waals surface area contributed by atoms with E-state index in [1.165, 1.54) is 12.5 Å². The van der Waals surface area contributed by atoms with Crippen LogP contribution in [0, 0.1) is 0 Å². The second-order valence-electron chi connectivity index (χ2n) is 5.77. The molecule has 7 nitrogen and oxygen atoms in total. The van der Waals surface area contributed by atoms with E-state index in [9.17, 15) is 9.59 Å². The summed E-state index contributed by atoms with van der Waals surface area (Å²) in [7, 11) is 0. The highest BCUT2D eigenvalue weighted by Gasteiger charge is 2.12. The van der Waals surface area contributed by atoms with E-state index in [1.807, 2.05) is 48.5 Å². The minimum atomic E-state index is -0.870. The highest BCUT2D eigenvalue weighted by Crippen LogP contribution is 2.17. The molecular weight excluding hydrogens is 358 g/mol. The number of benzene rings is 2. The van der Waals surface area contributed by atoms with Crippen LogP contribution < -0.4 is 15.5 Å². The number of amides is 2.